The molecular formula is C22H24N2O5S2. The molecule has 0 aliphatic carbocycles. The summed E-state index contributed by atoms with van der Waals surface area (Å²) in [6.45, 7) is 2.62. The molecule has 2 aromatic carbocycles. The van der Waals surface area contributed by atoms with Crippen LogP contribution in [0.4, 0.5) is 5.69 Å². The number of thiazole rings is 1. The van der Waals surface area contributed by atoms with E-state index in [1.807, 2.05) is 12.1 Å². The van der Waals surface area contributed by atoms with Gasteiger partial charge in [0.2, 0.25) is 0 Å². The molecule has 0 bridgehead atoms. The van der Waals surface area contributed by atoms with Gasteiger partial charge in [0, 0.05) is 24.1 Å². The van der Waals surface area contributed by atoms with Gasteiger partial charge in [-0.25, -0.2) is 4.98 Å². The van der Waals surface area contributed by atoms with E-state index in [0.717, 1.165) is 35.5 Å². The van der Waals surface area contributed by atoms with Gasteiger partial charge in [-0.1, -0.05) is 37.6 Å². The second kappa shape index (κ2) is 10.1. The monoisotopic (exact) mass is 460 g/mol. The average Bonchev–Trinajstić information content (AvgIpc) is 3.10. The van der Waals surface area contributed by atoms with Crippen molar-refractivity contribution in [1.29, 1.82) is 0 Å². The number of anilines is 1. The van der Waals surface area contributed by atoms with Gasteiger partial charge < -0.3 is 10.1 Å². The standard InChI is InChI=1S/C22H24N2O5S2/c1-3-6-18-19(30-21(24-18)14-29-2)13-15-9-11-16(12-10-15)23-22(25)17-7-4-5-8-20(17)31(26,27)28/h4-5,7-12H,3,6,13-14H2,1-2H3,(H,23,25)(H,26,27,28). The Labute approximate surface area is 185 Å². The summed E-state index contributed by atoms with van der Waals surface area (Å²) >= 11 is 1.65. The molecule has 164 valence electrons. The number of carbonyl (C=O) groups is 1. The number of nitrogens with one attached hydrogen (secondary N) is 1. The van der Waals surface area contributed by atoms with Crippen molar-refractivity contribution in [3.8, 4) is 0 Å². The molecule has 0 saturated carbocycles. The molecule has 0 aliphatic heterocycles. The van der Waals surface area contributed by atoms with Crippen molar-refractivity contribution >= 4 is 33.0 Å². The largest absolute Gasteiger partial charge is 0.378 e. The van der Waals surface area contributed by atoms with Gasteiger partial charge in [-0.3, -0.25) is 9.35 Å². The molecule has 0 unspecified atom stereocenters. The van der Waals surface area contributed by atoms with E-state index in [9.17, 15) is 17.8 Å². The summed E-state index contributed by atoms with van der Waals surface area (Å²) < 4.78 is 37.6. The van der Waals surface area contributed by atoms with Crippen molar-refractivity contribution in [2.75, 3.05) is 12.4 Å². The molecule has 7 nitrogen and oxygen atoms in total. The first-order valence-corrected chi connectivity index (χ1v) is 12.0. The fourth-order valence-electron chi connectivity index (χ4n) is 3.16. The molecule has 0 aliphatic rings. The number of methoxy groups -OCH3 is 1. The number of nitrogens with zero attached hydrogens (tertiary/aromatic N) is 1. The third-order valence-electron chi connectivity index (χ3n) is 4.56. The molecule has 1 heterocycles. The first kappa shape index (κ1) is 23.1. The lowest BCUT2D eigenvalue weighted by Crippen LogP contribution is -2.16. The van der Waals surface area contributed by atoms with E-state index in [-0.39, 0.29) is 5.56 Å². The molecule has 3 aromatic rings. The molecule has 0 fully saturated rings. The fourth-order valence-corrected chi connectivity index (χ4v) is 4.97. The minimum absolute atomic E-state index is 0.117. The Balaban J connectivity index is 1.74. The molecule has 1 aromatic heterocycles. The normalized spacial score (nSPS) is 11.5. The predicted octanol–water partition coefficient (Wildman–Crippen LogP) is 4.33. The zero-order valence-corrected chi connectivity index (χ0v) is 18.9. The number of aromatic nitrogens is 1. The maximum atomic E-state index is 12.5. The first-order valence-electron chi connectivity index (χ1n) is 9.75. The van der Waals surface area contributed by atoms with Gasteiger partial charge in [-0.15, -0.1) is 11.3 Å². The van der Waals surface area contributed by atoms with Gasteiger partial charge in [0.15, 0.2) is 0 Å². The third kappa shape index (κ3) is 5.98. The Bertz CT molecular complexity index is 1150. The van der Waals surface area contributed by atoms with Crippen LogP contribution in [0.3, 0.4) is 0 Å². The molecule has 0 radical (unpaired) electrons. The Morgan fingerprint density at radius 2 is 1.87 bits per heavy atom. The van der Waals surface area contributed by atoms with Crippen molar-refractivity contribution in [2.45, 2.75) is 37.7 Å². The molecular weight excluding hydrogens is 436 g/mol. The highest BCUT2D eigenvalue weighted by Crippen LogP contribution is 2.25. The third-order valence-corrected chi connectivity index (χ3v) is 6.55. The number of amides is 1. The number of aryl methyl sites for hydroxylation is 1. The topological polar surface area (TPSA) is 106 Å². The van der Waals surface area contributed by atoms with Crippen molar-refractivity contribution in [3.63, 3.8) is 0 Å². The van der Waals surface area contributed by atoms with Gasteiger partial charge in [-0.2, -0.15) is 8.42 Å². The van der Waals surface area contributed by atoms with Crippen LogP contribution in [0.15, 0.2) is 53.4 Å². The summed E-state index contributed by atoms with van der Waals surface area (Å²) in [6, 6.07) is 12.9. The minimum Gasteiger partial charge on any atom is -0.378 e. The molecule has 0 atom stereocenters. The van der Waals surface area contributed by atoms with E-state index in [4.69, 9.17) is 4.74 Å². The predicted molar refractivity (Wildman–Crippen MR) is 120 cm³/mol. The van der Waals surface area contributed by atoms with Gasteiger partial charge in [0.05, 0.1) is 17.9 Å². The number of carbonyl (C=O) groups excluding carboxylic acids is 1. The SMILES string of the molecule is CCCc1nc(COC)sc1Cc1ccc(NC(=O)c2ccccc2S(=O)(=O)O)cc1. The van der Waals surface area contributed by atoms with E-state index in [1.54, 1.807) is 30.6 Å². The van der Waals surface area contributed by atoms with Crippen LogP contribution in [0.1, 0.15) is 44.8 Å². The summed E-state index contributed by atoms with van der Waals surface area (Å²) in [6.07, 6.45) is 2.66. The van der Waals surface area contributed by atoms with Crippen molar-refractivity contribution in [1.82, 2.24) is 4.98 Å². The minimum atomic E-state index is -4.50. The summed E-state index contributed by atoms with van der Waals surface area (Å²) in [5.74, 6) is -0.613. The molecule has 3 rings (SSSR count). The van der Waals surface area contributed by atoms with Crippen molar-refractivity contribution < 1.29 is 22.5 Å². The van der Waals surface area contributed by atoms with Crippen LogP contribution in [0.2, 0.25) is 0 Å². The highest BCUT2D eigenvalue weighted by molar-refractivity contribution is 7.86. The number of hydrogen-bond donors (Lipinski definition) is 2. The summed E-state index contributed by atoms with van der Waals surface area (Å²) in [4.78, 5) is 18.0. The lowest BCUT2D eigenvalue weighted by molar-refractivity contribution is 0.102. The van der Waals surface area contributed by atoms with Crippen LogP contribution >= 0.6 is 11.3 Å². The molecule has 0 saturated heterocycles. The zero-order valence-electron chi connectivity index (χ0n) is 17.3. The van der Waals surface area contributed by atoms with E-state index in [0.29, 0.717) is 12.3 Å². The maximum Gasteiger partial charge on any atom is 0.295 e. The van der Waals surface area contributed by atoms with E-state index >= 15 is 0 Å². The summed E-state index contributed by atoms with van der Waals surface area (Å²) in [7, 11) is -2.84. The number of benzene rings is 2. The van der Waals surface area contributed by atoms with Crippen LogP contribution in [0, 0.1) is 0 Å². The molecule has 31 heavy (non-hydrogen) atoms. The lowest BCUT2D eigenvalue weighted by atomic mass is 10.1. The Hall–Kier alpha value is -2.59. The van der Waals surface area contributed by atoms with Crippen LogP contribution in [0.5, 0.6) is 0 Å². The van der Waals surface area contributed by atoms with Gasteiger partial charge >= 0.3 is 0 Å². The zero-order chi connectivity index (χ0) is 22.4. The van der Waals surface area contributed by atoms with E-state index < -0.39 is 20.9 Å². The number of ether oxygens (including phenoxy) is 1. The van der Waals surface area contributed by atoms with Gasteiger partial charge in [-0.05, 0) is 36.2 Å². The molecule has 1 amide bonds. The Kier molecular flexibility index (Phi) is 7.55. The van der Waals surface area contributed by atoms with Crippen LogP contribution in [-0.2, 0) is 34.3 Å². The van der Waals surface area contributed by atoms with Crippen molar-refractivity contribution in [3.05, 3.63) is 75.2 Å². The summed E-state index contributed by atoms with van der Waals surface area (Å²) in [5.41, 5.74) is 2.57. The Morgan fingerprint density at radius 1 is 1.16 bits per heavy atom. The maximum absolute atomic E-state index is 12.5. The molecule has 0 spiro atoms. The van der Waals surface area contributed by atoms with Gasteiger partial charge in [0.1, 0.15) is 9.90 Å². The molecule has 9 heteroatoms. The second-order valence-electron chi connectivity index (χ2n) is 6.96. The summed E-state index contributed by atoms with van der Waals surface area (Å²) in [5, 5.41) is 3.63. The van der Waals surface area contributed by atoms with Gasteiger partial charge in [0.25, 0.3) is 16.0 Å². The lowest BCUT2D eigenvalue weighted by Gasteiger charge is -2.09. The Morgan fingerprint density at radius 3 is 2.52 bits per heavy atom. The fraction of sp³-hybridized carbons (Fsp3) is 0.273. The number of hydrogen-bond acceptors (Lipinski definition) is 6. The van der Waals surface area contributed by atoms with Crippen LogP contribution in [0.25, 0.3) is 0 Å². The smallest absolute Gasteiger partial charge is 0.295 e. The average molecular weight is 461 g/mol. The molecule has 2 N–H and O–H groups in total. The van der Waals surface area contributed by atoms with Crippen molar-refractivity contribution in [2.24, 2.45) is 0 Å². The first-order chi connectivity index (χ1) is 14.8. The highest BCUT2D eigenvalue weighted by atomic mass is 32.2. The highest BCUT2D eigenvalue weighted by Gasteiger charge is 2.20. The number of rotatable bonds is 9. The second-order valence-corrected chi connectivity index (χ2v) is 9.52. The van der Waals surface area contributed by atoms with Crippen LogP contribution in [-0.4, -0.2) is 31.0 Å². The van der Waals surface area contributed by atoms with Crippen LogP contribution < -0.4 is 5.32 Å². The van der Waals surface area contributed by atoms with E-state index in [1.165, 1.54) is 29.1 Å². The quantitative estimate of drug-likeness (QED) is 0.461. The van der Waals surface area contributed by atoms with E-state index in [2.05, 4.69) is 17.2 Å².